The van der Waals surface area contributed by atoms with Gasteiger partial charge in [0.1, 0.15) is 0 Å². The molecule has 0 fully saturated rings. The van der Waals surface area contributed by atoms with Crippen molar-refractivity contribution < 1.29 is 18.0 Å². The number of hydrogen-bond acceptors (Lipinski definition) is 5. The summed E-state index contributed by atoms with van der Waals surface area (Å²) in [6.45, 7) is -0.529. The highest BCUT2D eigenvalue weighted by atomic mass is 32.2. The van der Waals surface area contributed by atoms with E-state index >= 15 is 0 Å². The number of rotatable bonds is 5. The maximum absolute atomic E-state index is 12.1. The SMILES string of the molecule is O=C(CNS(=O)(=O)c1ccccc1)NNC(=O)c1n[nH]c2ccccc12. The van der Waals surface area contributed by atoms with Crippen LogP contribution in [0.5, 0.6) is 0 Å². The topological polar surface area (TPSA) is 133 Å². The predicted molar refractivity (Wildman–Crippen MR) is 93.3 cm³/mol. The van der Waals surface area contributed by atoms with Gasteiger partial charge in [-0.3, -0.25) is 25.5 Å². The molecule has 26 heavy (non-hydrogen) atoms. The van der Waals surface area contributed by atoms with Gasteiger partial charge in [-0.15, -0.1) is 0 Å². The average Bonchev–Trinajstić information content (AvgIpc) is 3.09. The maximum Gasteiger partial charge on any atom is 0.290 e. The molecule has 0 spiro atoms. The van der Waals surface area contributed by atoms with E-state index in [9.17, 15) is 18.0 Å². The van der Waals surface area contributed by atoms with Crippen LogP contribution >= 0.6 is 0 Å². The van der Waals surface area contributed by atoms with E-state index in [1.165, 1.54) is 12.1 Å². The van der Waals surface area contributed by atoms with E-state index < -0.39 is 28.4 Å². The Morgan fingerprint density at radius 2 is 1.65 bits per heavy atom. The van der Waals surface area contributed by atoms with E-state index in [0.29, 0.717) is 10.9 Å². The minimum absolute atomic E-state index is 0.0415. The fourth-order valence-electron chi connectivity index (χ4n) is 2.21. The second-order valence-electron chi connectivity index (χ2n) is 5.26. The van der Waals surface area contributed by atoms with Crippen LogP contribution in [0.1, 0.15) is 10.5 Å². The standard InChI is InChI=1S/C16H15N5O4S/c22-14(10-17-26(24,25)11-6-2-1-3-7-11)19-21-16(23)15-12-8-4-5-9-13(12)18-20-15/h1-9,17H,10H2,(H,18,20)(H,19,22)(H,21,23). The van der Waals surface area contributed by atoms with E-state index in [4.69, 9.17) is 0 Å². The number of H-pyrrole nitrogens is 1. The second-order valence-corrected chi connectivity index (χ2v) is 7.02. The zero-order valence-corrected chi connectivity index (χ0v) is 14.2. The Labute approximate surface area is 148 Å². The first-order valence-corrected chi connectivity index (χ1v) is 9.03. The Balaban J connectivity index is 1.55. The van der Waals surface area contributed by atoms with Crippen LogP contribution in [-0.2, 0) is 14.8 Å². The Morgan fingerprint density at radius 1 is 0.962 bits per heavy atom. The molecule has 9 nitrogen and oxygen atoms in total. The molecular weight excluding hydrogens is 358 g/mol. The van der Waals surface area contributed by atoms with Crippen molar-refractivity contribution in [3.05, 3.63) is 60.3 Å². The van der Waals surface area contributed by atoms with Crippen molar-refractivity contribution in [2.24, 2.45) is 0 Å². The number of aromatic nitrogens is 2. The van der Waals surface area contributed by atoms with E-state index in [1.54, 1.807) is 42.5 Å². The van der Waals surface area contributed by atoms with Gasteiger partial charge in [0.15, 0.2) is 5.69 Å². The minimum atomic E-state index is -3.81. The minimum Gasteiger partial charge on any atom is -0.277 e. The molecule has 134 valence electrons. The van der Waals surface area contributed by atoms with Crippen LogP contribution < -0.4 is 15.6 Å². The Kier molecular flexibility index (Phi) is 4.96. The molecule has 0 atom stereocenters. The summed E-state index contributed by atoms with van der Waals surface area (Å²) in [6, 6.07) is 14.7. The number of benzene rings is 2. The van der Waals surface area contributed by atoms with Crippen LogP contribution in [0.15, 0.2) is 59.5 Å². The van der Waals surface area contributed by atoms with Gasteiger partial charge in [-0.25, -0.2) is 13.1 Å². The fraction of sp³-hybridized carbons (Fsp3) is 0.0625. The van der Waals surface area contributed by atoms with Crippen LogP contribution in [0.25, 0.3) is 10.9 Å². The first kappa shape index (κ1) is 17.6. The number of amides is 2. The van der Waals surface area contributed by atoms with Gasteiger partial charge >= 0.3 is 0 Å². The summed E-state index contributed by atoms with van der Waals surface area (Å²) >= 11 is 0. The molecule has 1 aromatic heterocycles. The third-order valence-electron chi connectivity index (χ3n) is 3.48. The molecule has 3 aromatic rings. The van der Waals surface area contributed by atoms with E-state index in [2.05, 4.69) is 25.8 Å². The number of sulfonamides is 1. The monoisotopic (exact) mass is 373 g/mol. The van der Waals surface area contributed by atoms with Gasteiger partial charge in [-0.2, -0.15) is 5.10 Å². The largest absolute Gasteiger partial charge is 0.290 e. The lowest BCUT2D eigenvalue weighted by atomic mass is 10.2. The Hall–Kier alpha value is -3.24. The van der Waals surface area contributed by atoms with Gasteiger partial charge in [0.2, 0.25) is 10.0 Å². The number of aromatic amines is 1. The Bertz CT molecular complexity index is 1050. The molecule has 0 saturated heterocycles. The van der Waals surface area contributed by atoms with Gasteiger partial charge in [0.25, 0.3) is 11.8 Å². The molecule has 2 aromatic carbocycles. The van der Waals surface area contributed by atoms with Gasteiger partial charge in [0, 0.05) is 5.39 Å². The number of carbonyl (C=O) groups is 2. The number of hydrogen-bond donors (Lipinski definition) is 4. The molecule has 4 N–H and O–H groups in total. The third-order valence-corrected chi connectivity index (χ3v) is 4.89. The molecular formula is C16H15N5O4S. The number of nitrogens with one attached hydrogen (secondary N) is 4. The Morgan fingerprint density at radius 3 is 2.42 bits per heavy atom. The van der Waals surface area contributed by atoms with Crippen molar-refractivity contribution in [2.75, 3.05) is 6.54 Å². The molecule has 0 radical (unpaired) electrons. The van der Waals surface area contributed by atoms with Gasteiger partial charge in [-0.05, 0) is 18.2 Å². The quantitative estimate of drug-likeness (QED) is 0.478. The van der Waals surface area contributed by atoms with Crippen molar-refractivity contribution in [3.8, 4) is 0 Å². The normalized spacial score (nSPS) is 11.2. The molecule has 0 unspecified atom stereocenters. The molecule has 3 rings (SSSR count). The number of fused-ring (bicyclic) bond motifs is 1. The molecule has 0 aliphatic rings. The number of nitrogens with zero attached hydrogens (tertiary/aromatic N) is 1. The third kappa shape index (κ3) is 3.87. The lowest BCUT2D eigenvalue weighted by Crippen LogP contribution is -2.46. The highest BCUT2D eigenvalue weighted by molar-refractivity contribution is 7.89. The second kappa shape index (κ2) is 7.33. The molecule has 2 amide bonds. The number of hydrazine groups is 1. The average molecular weight is 373 g/mol. The smallest absolute Gasteiger partial charge is 0.277 e. The summed E-state index contributed by atoms with van der Waals surface area (Å²) in [4.78, 5) is 23.9. The van der Waals surface area contributed by atoms with Crippen molar-refractivity contribution >= 4 is 32.7 Å². The van der Waals surface area contributed by atoms with Crippen LogP contribution in [0.2, 0.25) is 0 Å². The van der Waals surface area contributed by atoms with Crippen LogP contribution in [-0.4, -0.2) is 37.0 Å². The number of para-hydroxylation sites is 1. The van der Waals surface area contributed by atoms with Gasteiger partial charge < -0.3 is 0 Å². The highest BCUT2D eigenvalue weighted by Gasteiger charge is 2.17. The van der Waals surface area contributed by atoms with Crippen molar-refractivity contribution in [1.82, 2.24) is 25.8 Å². The van der Waals surface area contributed by atoms with Gasteiger partial charge in [-0.1, -0.05) is 36.4 Å². The number of carbonyl (C=O) groups excluding carboxylic acids is 2. The summed E-state index contributed by atoms with van der Waals surface area (Å²) in [5.41, 5.74) is 5.13. The summed E-state index contributed by atoms with van der Waals surface area (Å²) in [5, 5.41) is 7.20. The lowest BCUT2D eigenvalue weighted by molar-refractivity contribution is -0.120. The molecule has 0 saturated carbocycles. The lowest BCUT2D eigenvalue weighted by Gasteiger charge is -2.08. The predicted octanol–water partition coefficient (Wildman–Crippen LogP) is 0.302. The molecule has 10 heteroatoms. The fourth-order valence-corrected chi connectivity index (χ4v) is 3.21. The van der Waals surface area contributed by atoms with E-state index in [1.807, 2.05) is 0 Å². The van der Waals surface area contributed by atoms with Crippen LogP contribution in [0, 0.1) is 0 Å². The summed E-state index contributed by atoms with van der Waals surface area (Å²) in [6.07, 6.45) is 0. The first-order valence-electron chi connectivity index (χ1n) is 7.54. The van der Waals surface area contributed by atoms with E-state index in [-0.39, 0.29) is 10.6 Å². The van der Waals surface area contributed by atoms with Crippen molar-refractivity contribution in [1.29, 1.82) is 0 Å². The molecule has 0 aliphatic heterocycles. The molecule has 0 bridgehead atoms. The summed E-state index contributed by atoms with van der Waals surface area (Å²) in [7, 11) is -3.81. The summed E-state index contributed by atoms with van der Waals surface area (Å²) in [5.74, 6) is -1.35. The first-order chi connectivity index (χ1) is 12.5. The van der Waals surface area contributed by atoms with E-state index in [0.717, 1.165) is 0 Å². The zero-order valence-electron chi connectivity index (χ0n) is 13.4. The van der Waals surface area contributed by atoms with Crippen molar-refractivity contribution in [2.45, 2.75) is 4.90 Å². The maximum atomic E-state index is 12.1. The highest BCUT2D eigenvalue weighted by Crippen LogP contribution is 2.14. The van der Waals surface area contributed by atoms with Gasteiger partial charge in [0.05, 0.1) is 17.0 Å². The van der Waals surface area contributed by atoms with Crippen LogP contribution in [0.3, 0.4) is 0 Å². The summed E-state index contributed by atoms with van der Waals surface area (Å²) < 4.78 is 26.2. The van der Waals surface area contributed by atoms with Crippen LogP contribution in [0.4, 0.5) is 0 Å². The molecule has 0 aliphatic carbocycles. The molecule has 1 heterocycles. The zero-order chi connectivity index (χ0) is 18.6. The van der Waals surface area contributed by atoms with Crippen molar-refractivity contribution in [3.63, 3.8) is 0 Å².